The largest absolute Gasteiger partial charge is 0.355 e. The fraction of sp³-hybridized carbons (Fsp3) is 0.231. The second kappa shape index (κ2) is 8.74. The number of rotatable bonds is 5. The van der Waals surface area contributed by atoms with Crippen LogP contribution in [0.1, 0.15) is 18.4 Å². The number of amides is 1. The normalized spacial score (nSPS) is 17.0. The number of para-hydroxylation sites is 1. The van der Waals surface area contributed by atoms with Crippen molar-refractivity contribution >= 4 is 22.5 Å². The highest BCUT2D eigenvalue weighted by atomic mass is 16.1. The van der Waals surface area contributed by atoms with E-state index in [1.165, 1.54) is 10.9 Å². The lowest BCUT2D eigenvalue weighted by Crippen LogP contribution is -2.40. The minimum atomic E-state index is 0.00199. The number of likely N-dealkylation sites (tertiary alicyclic amines) is 1. The van der Waals surface area contributed by atoms with Crippen LogP contribution in [0.3, 0.4) is 0 Å². The number of carbonyl (C=O) groups is 1. The molecule has 1 aliphatic heterocycles. The Balaban J connectivity index is 1.26. The van der Waals surface area contributed by atoms with Gasteiger partial charge in [0.25, 0.3) is 0 Å². The summed E-state index contributed by atoms with van der Waals surface area (Å²) in [6, 6.07) is 22.5. The Kier molecular flexibility index (Phi) is 5.50. The summed E-state index contributed by atoms with van der Waals surface area (Å²) in [5.41, 5.74) is 5.26. The van der Waals surface area contributed by atoms with E-state index in [2.05, 4.69) is 50.5 Å². The first-order valence-electron chi connectivity index (χ1n) is 10.8. The number of aromatic amines is 1. The van der Waals surface area contributed by atoms with Crippen LogP contribution in [0.2, 0.25) is 0 Å². The van der Waals surface area contributed by atoms with E-state index >= 15 is 0 Å². The molecule has 1 atom stereocenters. The van der Waals surface area contributed by atoms with E-state index in [4.69, 9.17) is 0 Å². The van der Waals surface area contributed by atoms with Crippen LogP contribution in [-0.4, -0.2) is 33.9 Å². The van der Waals surface area contributed by atoms with Gasteiger partial charge in [-0.05, 0) is 55.3 Å². The van der Waals surface area contributed by atoms with Crippen LogP contribution in [0.15, 0.2) is 79.1 Å². The van der Waals surface area contributed by atoms with Gasteiger partial charge in [0, 0.05) is 53.3 Å². The van der Waals surface area contributed by atoms with Gasteiger partial charge in [-0.25, -0.2) is 0 Å². The van der Waals surface area contributed by atoms with E-state index in [1.807, 2.05) is 42.6 Å². The summed E-state index contributed by atoms with van der Waals surface area (Å²) < 4.78 is 0. The topological polar surface area (TPSA) is 61.0 Å². The Morgan fingerprint density at radius 2 is 2.03 bits per heavy atom. The molecule has 2 N–H and O–H groups in total. The first-order valence-corrected chi connectivity index (χ1v) is 10.8. The van der Waals surface area contributed by atoms with Gasteiger partial charge < -0.3 is 10.3 Å². The number of fused-ring (bicyclic) bond motifs is 1. The zero-order valence-corrected chi connectivity index (χ0v) is 17.4. The predicted molar refractivity (Wildman–Crippen MR) is 125 cm³/mol. The Labute approximate surface area is 182 Å². The Morgan fingerprint density at radius 1 is 1.10 bits per heavy atom. The average molecular weight is 411 g/mol. The zero-order valence-electron chi connectivity index (χ0n) is 17.4. The SMILES string of the molecule is O=C(Nc1cccc(-c2cc3ccccc3[nH]2)c1)C1CCCN(Cc2cccnc2)C1. The molecule has 2 aromatic carbocycles. The van der Waals surface area contributed by atoms with Crippen molar-refractivity contribution in [3.8, 4) is 11.3 Å². The summed E-state index contributed by atoms with van der Waals surface area (Å²) in [6.07, 6.45) is 5.66. The fourth-order valence-corrected chi connectivity index (χ4v) is 4.40. The van der Waals surface area contributed by atoms with Crippen LogP contribution in [0.4, 0.5) is 5.69 Å². The van der Waals surface area contributed by atoms with E-state index < -0.39 is 0 Å². The van der Waals surface area contributed by atoms with Crippen molar-refractivity contribution in [2.45, 2.75) is 19.4 Å². The molecule has 1 saturated heterocycles. The lowest BCUT2D eigenvalue weighted by atomic mass is 9.96. The second-order valence-corrected chi connectivity index (χ2v) is 8.28. The van der Waals surface area contributed by atoms with Crippen molar-refractivity contribution in [1.82, 2.24) is 14.9 Å². The number of anilines is 1. The number of aromatic nitrogens is 2. The van der Waals surface area contributed by atoms with Gasteiger partial charge >= 0.3 is 0 Å². The fourth-order valence-electron chi connectivity index (χ4n) is 4.40. The van der Waals surface area contributed by atoms with Crippen LogP contribution in [0.25, 0.3) is 22.2 Å². The third kappa shape index (κ3) is 4.52. The van der Waals surface area contributed by atoms with E-state index in [0.29, 0.717) is 0 Å². The molecular formula is C26H26N4O. The molecular weight excluding hydrogens is 384 g/mol. The molecule has 0 radical (unpaired) electrons. The minimum absolute atomic E-state index is 0.00199. The van der Waals surface area contributed by atoms with Crippen molar-refractivity contribution in [3.63, 3.8) is 0 Å². The number of pyridine rings is 1. The van der Waals surface area contributed by atoms with E-state index in [0.717, 1.165) is 54.9 Å². The minimum Gasteiger partial charge on any atom is -0.355 e. The highest BCUT2D eigenvalue weighted by Gasteiger charge is 2.26. The number of benzene rings is 2. The second-order valence-electron chi connectivity index (χ2n) is 8.28. The molecule has 0 aliphatic carbocycles. The van der Waals surface area contributed by atoms with E-state index in [9.17, 15) is 4.79 Å². The van der Waals surface area contributed by atoms with Gasteiger partial charge in [0.05, 0.1) is 5.92 Å². The molecule has 156 valence electrons. The number of piperidine rings is 1. The molecule has 5 nitrogen and oxygen atoms in total. The summed E-state index contributed by atoms with van der Waals surface area (Å²) in [5, 5.41) is 4.33. The number of hydrogen-bond acceptors (Lipinski definition) is 3. The summed E-state index contributed by atoms with van der Waals surface area (Å²) in [6.45, 7) is 2.64. The van der Waals surface area contributed by atoms with Crippen molar-refractivity contribution in [2.24, 2.45) is 5.92 Å². The Hall–Kier alpha value is -3.44. The number of hydrogen-bond donors (Lipinski definition) is 2. The maximum atomic E-state index is 13.0. The molecule has 2 aromatic heterocycles. The summed E-state index contributed by atoms with van der Waals surface area (Å²) in [7, 11) is 0. The Morgan fingerprint density at radius 3 is 2.90 bits per heavy atom. The van der Waals surface area contributed by atoms with Crippen LogP contribution in [0.5, 0.6) is 0 Å². The first-order chi connectivity index (χ1) is 15.2. The van der Waals surface area contributed by atoms with Gasteiger partial charge in [-0.2, -0.15) is 0 Å². The maximum absolute atomic E-state index is 13.0. The number of carbonyl (C=O) groups excluding carboxylic acids is 1. The van der Waals surface area contributed by atoms with Gasteiger partial charge in [-0.15, -0.1) is 0 Å². The van der Waals surface area contributed by atoms with Gasteiger partial charge in [0.2, 0.25) is 5.91 Å². The van der Waals surface area contributed by atoms with Crippen molar-refractivity contribution in [3.05, 3.63) is 84.7 Å². The number of nitrogens with zero attached hydrogens (tertiary/aromatic N) is 2. The molecule has 3 heterocycles. The first kappa shape index (κ1) is 19.5. The van der Waals surface area contributed by atoms with Gasteiger partial charge in [0.15, 0.2) is 0 Å². The smallest absolute Gasteiger partial charge is 0.228 e. The highest BCUT2D eigenvalue weighted by Crippen LogP contribution is 2.27. The summed E-state index contributed by atoms with van der Waals surface area (Å²) in [4.78, 5) is 23.0. The lowest BCUT2D eigenvalue weighted by molar-refractivity contribution is -0.121. The van der Waals surface area contributed by atoms with Crippen molar-refractivity contribution in [1.29, 1.82) is 0 Å². The molecule has 0 spiro atoms. The standard InChI is InChI=1S/C26H26N4O/c31-26(22-9-5-13-30(18-22)17-19-6-4-12-27-16-19)28-23-10-3-8-20(14-23)25-15-21-7-1-2-11-24(21)29-25/h1-4,6-8,10-12,14-16,22,29H,5,9,13,17-18H2,(H,28,31). The molecule has 1 unspecified atom stereocenters. The monoisotopic (exact) mass is 410 g/mol. The maximum Gasteiger partial charge on any atom is 0.228 e. The predicted octanol–water partition coefficient (Wildman–Crippen LogP) is 5.08. The molecule has 5 heteroatoms. The van der Waals surface area contributed by atoms with Gasteiger partial charge in [0.1, 0.15) is 0 Å². The summed E-state index contributed by atoms with van der Waals surface area (Å²) in [5.74, 6) is 0.104. The average Bonchev–Trinajstić information content (AvgIpc) is 3.25. The number of nitrogens with one attached hydrogen (secondary N) is 2. The van der Waals surface area contributed by atoms with Gasteiger partial charge in [-0.3, -0.25) is 14.7 Å². The highest BCUT2D eigenvalue weighted by molar-refractivity contribution is 5.94. The molecule has 1 fully saturated rings. The van der Waals surface area contributed by atoms with Crippen LogP contribution in [-0.2, 0) is 11.3 Å². The quantitative estimate of drug-likeness (QED) is 0.482. The van der Waals surface area contributed by atoms with Gasteiger partial charge in [-0.1, -0.05) is 36.4 Å². The molecule has 5 rings (SSSR count). The van der Waals surface area contributed by atoms with E-state index in [1.54, 1.807) is 6.20 Å². The van der Waals surface area contributed by atoms with Crippen molar-refractivity contribution < 1.29 is 4.79 Å². The molecule has 4 aromatic rings. The number of H-pyrrole nitrogens is 1. The van der Waals surface area contributed by atoms with E-state index in [-0.39, 0.29) is 11.8 Å². The molecule has 1 amide bonds. The molecule has 0 bridgehead atoms. The molecule has 1 aliphatic rings. The summed E-state index contributed by atoms with van der Waals surface area (Å²) >= 11 is 0. The zero-order chi connectivity index (χ0) is 21.0. The van der Waals surface area contributed by atoms with Crippen LogP contribution in [0, 0.1) is 5.92 Å². The molecule has 0 saturated carbocycles. The third-order valence-electron chi connectivity index (χ3n) is 5.98. The van der Waals surface area contributed by atoms with Crippen LogP contribution < -0.4 is 5.32 Å². The molecule has 31 heavy (non-hydrogen) atoms. The third-order valence-corrected chi connectivity index (χ3v) is 5.98. The Bertz CT molecular complexity index is 1150. The van der Waals surface area contributed by atoms with Crippen molar-refractivity contribution in [2.75, 3.05) is 18.4 Å². The lowest BCUT2D eigenvalue weighted by Gasteiger charge is -2.32. The van der Waals surface area contributed by atoms with Crippen LogP contribution >= 0.6 is 0 Å².